The summed E-state index contributed by atoms with van der Waals surface area (Å²) in [4.78, 5) is 22.9. The van der Waals surface area contributed by atoms with Crippen LogP contribution in [0.2, 0.25) is 0 Å². The van der Waals surface area contributed by atoms with Gasteiger partial charge in [0, 0.05) is 6.92 Å². The largest absolute Gasteiger partial charge is 0.457 e. The highest BCUT2D eigenvalue weighted by Gasteiger charge is 2.45. The molecule has 1 aliphatic heterocycles. The molecule has 166 valence electrons. The van der Waals surface area contributed by atoms with Crippen molar-refractivity contribution in [2.75, 3.05) is 6.61 Å². The summed E-state index contributed by atoms with van der Waals surface area (Å²) in [5.74, 6) is -1.58. The summed E-state index contributed by atoms with van der Waals surface area (Å²) in [6, 6.07) is 19.0. The van der Waals surface area contributed by atoms with Crippen LogP contribution in [0.1, 0.15) is 25.0 Å². The first-order valence-corrected chi connectivity index (χ1v) is 10.4. The second kappa shape index (κ2) is 11.2. The first-order valence-electron chi connectivity index (χ1n) is 10.4. The monoisotopic (exact) mass is 427 g/mol. The van der Waals surface area contributed by atoms with Crippen molar-refractivity contribution in [1.82, 2.24) is 0 Å². The molecule has 2 aromatic rings. The van der Waals surface area contributed by atoms with Gasteiger partial charge in [-0.05, 0) is 18.1 Å². The molecule has 0 saturated carbocycles. The minimum Gasteiger partial charge on any atom is -0.457 e. The van der Waals surface area contributed by atoms with Gasteiger partial charge in [-0.1, -0.05) is 60.7 Å². The number of ether oxygens (including phenoxy) is 4. The van der Waals surface area contributed by atoms with Crippen LogP contribution in [0.15, 0.2) is 60.7 Å². The minimum atomic E-state index is -0.908. The van der Waals surface area contributed by atoms with Gasteiger partial charge in [0.25, 0.3) is 0 Å². The standard InChI is InChI=1S/C24H29NO6/c1-16(26)24(27)30-15-20-22(28-13-18-9-5-3-6-10-18)23(21(25)17(2)31-20)29-14-19-11-7-4-8-12-19/h3-12,17,20-23H,13-15,25H2,1-2H3. The number of nitrogens with two attached hydrogens (primary N) is 1. The van der Waals surface area contributed by atoms with Gasteiger partial charge in [-0.25, -0.2) is 4.79 Å². The molecule has 1 saturated heterocycles. The predicted octanol–water partition coefficient (Wildman–Crippen LogP) is 2.40. The first-order chi connectivity index (χ1) is 15.0. The van der Waals surface area contributed by atoms with E-state index in [2.05, 4.69) is 0 Å². The third kappa shape index (κ3) is 6.45. The van der Waals surface area contributed by atoms with Crippen LogP contribution in [-0.4, -0.2) is 48.8 Å². The Bertz CT molecular complexity index is 844. The van der Waals surface area contributed by atoms with Crippen LogP contribution in [0.5, 0.6) is 0 Å². The molecule has 3 rings (SSSR count). The maximum Gasteiger partial charge on any atom is 0.374 e. The smallest absolute Gasteiger partial charge is 0.374 e. The Labute approximate surface area is 182 Å². The molecular weight excluding hydrogens is 398 g/mol. The van der Waals surface area contributed by atoms with Crippen molar-refractivity contribution in [3.63, 3.8) is 0 Å². The minimum absolute atomic E-state index is 0.125. The first kappa shape index (κ1) is 23.1. The van der Waals surface area contributed by atoms with Gasteiger partial charge in [0.15, 0.2) is 0 Å². The summed E-state index contributed by atoms with van der Waals surface area (Å²) in [6.45, 7) is 3.56. The molecule has 5 atom stereocenters. The van der Waals surface area contributed by atoms with Gasteiger partial charge in [-0.2, -0.15) is 0 Å². The zero-order chi connectivity index (χ0) is 22.2. The van der Waals surface area contributed by atoms with E-state index in [1.165, 1.54) is 0 Å². The molecule has 7 heteroatoms. The molecule has 5 unspecified atom stereocenters. The van der Waals surface area contributed by atoms with E-state index in [1.807, 2.05) is 67.6 Å². The van der Waals surface area contributed by atoms with Crippen molar-refractivity contribution in [1.29, 1.82) is 0 Å². The van der Waals surface area contributed by atoms with Crippen molar-refractivity contribution in [3.8, 4) is 0 Å². The predicted molar refractivity (Wildman–Crippen MR) is 114 cm³/mol. The molecular formula is C24H29NO6. The van der Waals surface area contributed by atoms with E-state index in [0.717, 1.165) is 18.1 Å². The van der Waals surface area contributed by atoms with Gasteiger partial charge in [0.1, 0.15) is 24.9 Å². The summed E-state index contributed by atoms with van der Waals surface area (Å²) in [6.07, 6.45) is -2.05. The molecule has 31 heavy (non-hydrogen) atoms. The van der Waals surface area contributed by atoms with E-state index >= 15 is 0 Å². The molecule has 1 aliphatic rings. The Morgan fingerprint density at radius 3 is 1.94 bits per heavy atom. The number of hydrogen-bond donors (Lipinski definition) is 1. The average molecular weight is 427 g/mol. The van der Waals surface area contributed by atoms with Gasteiger partial charge in [0.2, 0.25) is 5.78 Å². The molecule has 2 N–H and O–H groups in total. The van der Waals surface area contributed by atoms with Crippen LogP contribution in [0, 0.1) is 0 Å². The molecule has 0 spiro atoms. The van der Waals surface area contributed by atoms with Crippen LogP contribution in [-0.2, 0) is 41.8 Å². The Kier molecular flexibility index (Phi) is 8.31. The lowest BCUT2D eigenvalue weighted by molar-refractivity contribution is -0.223. The number of carbonyl (C=O) groups excluding carboxylic acids is 2. The third-order valence-electron chi connectivity index (χ3n) is 5.24. The Balaban J connectivity index is 1.76. The lowest BCUT2D eigenvalue weighted by atomic mass is 9.93. The molecule has 0 amide bonds. The lowest BCUT2D eigenvalue weighted by Gasteiger charge is -2.44. The van der Waals surface area contributed by atoms with Crippen molar-refractivity contribution in [3.05, 3.63) is 71.8 Å². The number of esters is 1. The highest BCUT2D eigenvalue weighted by molar-refractivity contribution is 6.32. The molecule has 7 nitrogen and oxygen atoms in total. The third-order valence-corrected chi connectivity index (χ3v) is 5.24. The SMILES string of the molecule is CC(=O)C(=O)OCC1OC(C)C(N)C(OCc2ccccc2)C1OCc1ccccc1. The zero-order valence-electron chi connectivity index (χ0n) is 17.8. The normalized spacial score (nSPS) is 25.7. The lowest BCUT2D eigenvalue weighted by Crippen LogP contribution is -2.62. The van der Waals surface area contributed by atoms with Crippen molar-refractivity contribution >= 4 is 11.8 Å². The number of carbonyl (C=O) groups is 2. The molecule has 0 aliphatic carbocycles. The summed E-state index contributed by atoms with van der Waals surface area (Å²) in [5, 5.41) is 0. The number of ketones is 1. The number of rotatable bonds is 9. The van der Waals surface area contributed by atoms with Gasteiger partial charge in [-0.15, -0.1) is 0 Å². The van der Waals surface area contributed by atoms with Crippen LogP contribution in [0.3, 0.4) is 0 Å². The fraction of sp³-hybridized carbons (Fsp3) is 0.417. The maximum absolute atomic E-state index is 11.7. The number of Topliss-reactive ketones (excluding diaryl/α,β-unsaturated/α-hetero) is 1. The molecule has 0 radical (unpaired) electrons. The second-order valence-corrected chi connectivity index (χ2v) is 7.63. The topological polar surface area (TPSA) is 97.1 Å². The van der Waals surface area contributed by atoms with Crippen molar-refractivity contribution < 1.29 is 28.5 Å². The van der Waals surface area contributed by atoms with Gasteiger partial charge in [0.05, 0.1) is 25.4 Å². The molecule has 1 heterocycles. The highest BCUT2D eigenvalue weighted by Crippen LogP contribution is 2.27. The molecule has 1 fully saturated rings. The fourth-order valence-electron chi connectivity index (χ4n) is 3.48. The summed E-state index contributed by atoms with van der Waals surface area (Å²) >= 11 is 0. The summed E-state index contributed by atoms with van der Waals surface area (Å²) in [5.41, 5.74) is 8.41. The maximum atomic E-state index is 11.7. The van der Waals surface area contributed by atoms with Gasteiger partial charge >= 0.3 is 5.97 Å². The molecule has 2 aromatic carbocycles. The van der Waals surface area contributed by atoms with E-state index in [4.69, 9.17) is 24.7 Å². The Morgan fingerprint density at radius 1 is 0.903 bits per heavy atom. The van der Waals surface area contributed by atoms with Gasteiger partial charge in [-0.3, -0.25) is 4.79 Å². The second-order valence-electron chi connectivity index (χ2n) is 7.63. The van der Waals surface area contributed by atoms with Gasteiger partial charge < -0.3 is 24.7 Å². The zero-order valence-corrected chi connectivity index (χ0v) is 17.8. The summed E-state index contributed by atoms with van der Waals surface area (Å²) < 4.78 is 23.5. The Hall–Kier alpha value is -2.58. The van der Waals surface area contributed by atoms with Crippen molar-refractivity contribution in [2.45, 2.75) is 57.5 Å². The van der Waals surface area contributed by atoms with Crippen LogP contribution in [0.25, 0.3) is 0 Å². The number of benzene rings is 2. The highest BCUT2D eigenvalue weighted by atomic mass is 16.6. The molecule has 0 aromatic heterocycles. The van der Waals surface area contributed by atoms with E-state index in [0.29, 0.717) is 13.2 Å². The Morgan fingerprint density at radius 2 is 1.42 bits per heavy atom. The van der Waals surface area contributed by atoms with E-state index in [-0.39, 0.29) is 12.7 Å². The van der Waals surface area contributed by atoms with Crippen LogP contribution >= 0.6 is 0 Å². The van der Waals surface area contributed by atoms with Crippen LogP contribution in [0.4, 0.5) is 0 Å². The van der Waals surface area contributed by atoms with E-state index in [9.17, 15) is 9.59 Å². The van der Waals surface area contributed by atoms with E-state index < -0.39 is 36.1 Å². The quantitative estimate of drug-likeness (QED) is 0.485. The van der Waals surface area contributed by atoms with Crippen molar-refractivity contribution in [2.24, 2.45) is 5.73 Å². The summed E-state index contributed by atoms with van der Waals surface area (Å²) in [7, 11) is 0. The number of hydrogen-bond acceptors (Lipinski definition) is 7. The average Bonchev–Trinajstić information content (AvgIpc) is 2.78. The van der Waals surface area contributed by atoms with Crippen LogP contribution < -0.4 is 5.73 Å². The molecule has 0 bridgehead atoms. The van der Waals surface area contributed by atoms with E-state index in [1.54, 1.807) is 0 Å². The fourth-order valence-corrected chi connectivity index (χ4v) is 3.48.